The van der Waals surface area contributed by atoms with Crippen molar-refractivity contribution in [1.82, 2.24) is 14.9 Å². The van der Waals surface area contributed by atoms with Gasteiger partial charge in [0.05, 0.1) is 10.4 Å². The van der Waals surface area contributed by atoms with E-state index in [1.54, 1.807) is 11.3 Å². The normalized spacial score (nSPS) is 20.1. The topological polar surface area (TPSA) is 58.1 Å². The van der Waals surface area contributed by atoms with E-state index in [9.17, 15) is 4.79 Å². The molecule has 1 aliphatic carbocycles. The number of rotatable bonds is 4. The highest BCUT2D eigenvalue weighted by atomic mass is 32.1. The van der Waals surface area contributed by atoms with Gasteiger partial charge in [0.25, 0.3) is 0 Å². The second-order valence-corrected chi connectivity index (χ2v) is 8.34. The number of hydrogen-bond donors (Lipinski definition) is 1. The van der Waals surface area contributed by atoms with E-state index in [1.165, 1.54) is 0 Å². The zero-order valence-corrected chi connectivity index (χ0v) is 16.5. The number of nitrogens with zero attached hydrogens (tertiary/aromatic N) is 3. The van der Waals surface area contributed by atoms with Gasteiger partial charge in [-0.3, -0.25) is 9.78 Å². The van der Waals surface area contributed by atoms with Crippen molar-refractivity contribution in [2.24, 2.45) is 5.92 Å². The van der Waals surface area contributed by atoms with Crippen molar-refractivity contribution in [2.45, 2.75) is 31.7 Å². The molecule has 2 heterocycles. The number of hydrogen-bond acceptors (Lipinski definition) is 5. The van der Waals surface area contributed by atoms with Gasteiger partial charge in [0.2, 0.25) is 5.91 Å². The molecule has 0 aliphatic heterocycles. The zero-order chi connectivity index (χ0) is 18.8. The molecule has 1 fully saturated rings. The molecule has 0 atom stereocenters. The van der Waals surface area contributed by atoms with Crippen molar-refractivity contribution in [3.8, 4) is 10.4 Å². The fourth-order valence-corrected chi connectivity index (χ4v) is 4.42. The summed E-state index contributed by atoms with van der Waals surface area (Å²) in [5.74, 6) is 0.809. The Morgan fingerprint density at radius 3 is 2.63 bits per heavy atom. The lowest BCUT2D eigenvalue weighted by atomic mass is 9.85. The summed E-state index contributed by atoms with van der Waals surface area (Å²) in [6.07, 6.45) is 7.74. The summed E-state index contributed by atoms with van der Waals surface area (Å²) in [4.78, 5) is 24.6. The molecule has 2 aromatic heterocycles. The second-order valence-electron chi connectivity index (χ2n) is 7.46. The van der Waals surface area contributed by atoms with Crippen LogP contribution in [0.2, 0.25) is 0 Å². The standard InChI is InChI=1S/C21H24N4OS/c1-25(2)18-7-5-14(6-8-18)21(26)24-20-10-17-9-15(19-12-22-13-27-19)3-4-16(17)11-23-20/h3-4,9-14,18H,5-8H2,1-2H3,(H,23,24,26). The van der Waals surface area contributed by atoms with Crippen LogP contribution < -0.4 is 5.32 Å². The third-order valence-corrected chi connectivity index (χ3v) is 6.31. The molecule has 1 N–H and O–H groups in total. The molecule has 0 bridgehead atoms. The van der Waals surface area contributed by atoms with E-state index in [1.807, 2.05) is 24.0 Å². The number of benzene rings is 1. The molecule has 5 nitrogen and oxygen atoms in total. The van der Waals surface area contributed by atoms with Gasteiger partial charge in [0.15, 0.2) is 0 Å². The van der Waals surface area contributed by atoms with Gasteiger partial charge < -0.3 is 10.2 Å². The first-order valence-electron chi connectivity index (χ1n) is 9.36. The van der Waals surface area contributed by atoms with Crippen molar-refractivity contribution in [1.29, 1.82) is 0 Å². The van der Waals surface area contributed by atoms with E-state index in [-0.39, 0.29) is 11.8 Å². The van der Waals surface area contributed by atoms with Gasteiger partial charge in [-0.15, -0.1) is 11.3 Å². The first-order chi connectivity index (χ1) is 13.1. The summed E-state index contributed by atoms with van der Waals surface area (Å²) >= 11 is 1.62. The van der Waals surface area contributed by atoms with Crippen LogP contribution in [0.25, 0.3) is 21.2 Å². The smallest absolute Gasteiger partial charge is 0.228 e. The Morgan fingerprint density at radius 1 is 1.11 bits per heavy atom. The molecule has 4 rings (SSSR count). The molecule has 140 valence electrons. The Kier molecular flexibility index (Phi) is 5.18. The van der Waals surface area contributed by atoms with Crippen molar-refractivity contribution >= 4 is 33.8 Å². The van der Waals surface area contributed by atoms with Crippen molar-refractivity contribution in [2.75, 3.05) is 19.4 Å². The summed E-state index contributed by atoms with van der Waals surface area (Å²) in [5.41, 5.74) is 2.97. The fraction of sp³-hybridized carbons (Fsp3) is 0.381. The molecular weight excluding hydrogens is 356 g/mol. The van der Waals surface area contributed by atoms with Crippen LogP contribution in [0, 0.1) is 5.92 Å². The van der Waals surface area contributed by atoms with Crippen LogP contribution in [0.15, 0.2) is 42.2 Å². The Bertz CT molecular complexity index is 931. The molecular formula is C21H24N4OS. The Morgan fingerprint density at radius 2 is 1.93 bits per heavy atom. The molecule has 3 aromatic rings. The van der Waals surface area contributed by atoms with Gasteiger partial charge >= 0.3 is 0 Å². The summed E-state index contributed by atoms with van der Waals surface area (Å²) in [7, 11) is 4.23. The molecule has 27 heavy (non-hydrogen) atoms. The second kappa shape index (κ2) is 7.74. The van der Waals surface area contributed by atoms with Crippen LogP contribution in [0.5, 0.6) is 0 Å². The molecule has 1 aliphatic rings. The molecule has 0 radical (unpaired) electrons. The minimum atomic E-state index is 0.0854. The van der Waals surface area contributed by atoms with Crippen LogP contribution in [-0.2, 0) is 4.79 Å². The minimum Gasteiger partial charge on any atom is -0.310 e. The number of anilines is 1. The zero-order valence-electron chi connectivity index (χ0n) is 15.7. The predicted octanol–water partition coefficient (Wildman–Crippen LogP) is 4.42. The maximum absolute atomic E-state index is 12.7. The number of carbonyl (C=O) groups excluding carboxylic acids is 1. The number of amides is 1. The van der Waals surface area contributed by atoms with Crippen LogP contribution in [-0.4, -0.2) is 40.9 Å². The van der Waals surface area contributed by atoms with Gasteiger partial charge in [-0.25, -0.2) is 4.98 Å². The molecule has 0 spiro atoms. The Hall–Kier alpha value is -2.31. The number of pyridine rings is 1. The van der Waals surface area contributed by atoms with Gasteiger partial charge in [-0.2, -0.15) is 0 Å². The van der Waals surface area contributed by atoms with Gasteiger partial charge in [-0.05, 0) is 62.9 Å². The third kappa shape index (κ3) is 4.01. The number of aromatic nitrogens is 2. The molecule has 0 unspecified atom stereocenters. The maximum Gasteiger partial charge on any atom is 0.228 e. The van der Waals surface area contributed by atoms with E-state index in [0.717, 1.165) is 46.9 Å². The van der Waals surface area contributed by atoms with E-state index < -0.39 is 0 Å². The van der Waals surface area contributed by atoms with Crippen LogP contribution in [0.4, 0.5) is 5.82 Å². The predicted molar refractivity (Wildman–Crippen MR) is 111 cm³/mol. The number of carbonyl (C=O) groups is 1. The van der Waals surface area contributed by atoms with Crippen molar-refractivity contribution in [3.63, 3.8) is 0 Å². The van der Waals surface area contributed by atoms with E-state index in [2.05, 4.69) is 52.5 Å². The van der Waals surface area contributed by atoms with Crippen molar-refractivity contribution < 1.29 is 4.79 Å². The van der Waals surface area contributed by atoms with Crippen LogP contribution in [0.3, 0.4) is 0 Å². The van der Waals surface area contributed by atoms with Gasteiger partial charge in [0.1, 0.15) is 5.82 Å². The monoisotopic (exact) mass is 380 g/mol. The van der Waals surface area contributed by atoms with Crippen molar-refractivity contribution in [3.05, 3.63) is 42.2 Å². The van der Waals surface area contributed by atoms with Crippen LogP contribution >= 0.6 is 11.3 Å². The Labute approximate surface area is 163 Å². The SMILES string of the molecule is CN(C)C1CCC(C(=O)Nc2cc3cc(-c4cncs4)ccc3cn2)CC1. The fourth-order valence-electron chi connectivity index (χ4n) is 3.80. The lowest BCUT2D eigenvalue weighted by Crippen LogP contribution is -2.35. The molecule has 6 heteroatoms. The Balaban J connectivity index is 1.48. The number of thiazole rings is 1. The molecule has 1 saturated carbocycles. The quantitative estimate of drug-likeness (QED) is 0.728. The van der Waals surface area contributed by atoms with Gasteiger partial charge in [-0.1, -0.05) is 12.1 Å². The molecule has 1 amide bonds. The summed E-state index contributed by atoms with van der Waals surface area (Å²) < 4.78 is 0. The average Bonchev–Trinajstić information content (AvgIpc) is 3.22. The highest BCUT2D eigenvalue weighted by molar-refractivity contribution is 7.13. The first kappa shape index (κ1) is 18.1. The van der Waals surface area contributed by atoms with Crippen LogP contribution in [0.1, 0.15) is 25.7 Å². The number of fused-ring (bicyclic) bond motifs is 1. The molecule has 0 saturated heterocycles. The third-order valence-electron chi connectivity index (χ3n) is 5.49. The van der Waals surface area contributed by atoms with E-state index in [0.29, 0.717) is 11.9 Å². The highest BCUT2D eigenvalue weighted by Crippen LogP contribution is 2.29. The van der Waals surface area contributed by atoms with E-state index >= 15 is 0 Å². The summed E-state index contributed by atoms with van der Waals surface area (Å²) in [6.45, 7) is 0. The summed E-state index contributed by atoms with van der Waals surface area (Å²) in [5, 5.41) is 5.16. The summed E-state index contributed by atoms with van der Waals surface area (Å²) in [6, 6.07) is 8.83. The largest absolute Gasteiger partial charge is 0.310 e. The van der Waals surface area contributed by atoms with Gasteiger partial charge in [0, 0.05) is 29.7 Å². The maximum atomic E-state index is 12.7. The highest BCUT2D eigenvalue weighted by Gasteiger charge is 2.27. The minimum absolute atomic E-state index is 0.0854. The lowest BCUT2D eigenvalue weighted by molar-refractivity contribution is -0.121. The number of nitrogens with one attached hydrogen (secondary N) is 1. The molecule has 1 aromatic carbocycles. The first-order valence-corrected chi connectivity index (χ1v) is 10.2. The average molecular weight is 381 g/mol. The lowest BCUT2D eigenvalue weighted by Gasteiger charge is -2.31. The van der Waals surface area contributed by atoms with E-state index in [4.69, 9.17) is 0 Å².